The molecule has 2 aromatic rings. The highest BCUT2D eigenvalue weighted by Crippen LogP contribution is 2.20. The van der Waals surface area contributed by atoms with Crippen molar-refractivity contribution in [1.29, 1.82) is 0 Å². The molecule has 1 atom stereocenters. The first-order chi connectivity index (χ1) is 15.0. The van der Waals surface area contributed by atoms with Gasteiger partial charge < -0.3 is 10.2 Å². The van der Waals surface area contributed by atoms with Crippen molar-refractivity contribution in [3.63, 3.8) is 0 Å². The summed E-state index contributed by atoms with van der Waals surface area (Å²) in [5, 5.41) is 3.36. The fourth-order valence-corrected chi connectivity index (χ4v) is 4.07. The van der Waals surface area contributed by atoms with Gasteiger partial charge in [-0.05, 0) is 50.1 Å². The average Bonchev–Trinajstić information content (AvgIpc) is 2.74. The molecule has 2 amide bonds. The van der Waals surface area contributed by atoms with Crippen LogP contribution in [0.25, 0.3) is 0 Å². The quantitative estimate of drug-likeness (QED) is 0.566. The van der Waals surface area contributed by atoms with Crippen molar-refractivity contribution >= 4 is 39.1 Å². The van der Waals surface area contributed by atoms with E-state index in [-0.39, 0.29) is 12.5 Å². The number of halogens is 1. The van der Waals surface area contributed by atoms with E-state index in [1.54, 1.807) is 55.5 Å². The zero-order chi connectivity index (χ0) is 23.9. The lowest BCUT2D eigenvalue weighted by Crippen LogP contribution is -2.51. The number of rotatable bonds is 10. The largest absolute Gasteiger partial charge is 0.354 e. The third-order valence-electron chi connectivity index (χ3n) is 4.98. The Hall–Kier alpha value is -2.58. The van der Waals surface area contributed by atoms with Crippen molar-refractivity contribution in [2.45, 2.75) is 39.8 Å². The molecule has 0 aromatic heterocycles. The molecule has 174 valence electrons. The molecule has 32 heavy (non-hydrogen) atoms. The number of benzene rings is 2. The highest BCUT2D eigenvalue weighted by Gasteiger charge is 2.29. The molecule has 9 heteroatoms. The minimum Gasteiger partial charge on any atom is -0.354 e. The Morgan fingerprint density at radius 3 is 2.19 bits per heavy atom. The number of aryl methyl sites for hydroxylation is 1. The predicted octanol–water partition coefficient (Wildman–Crippen LogP) is 3.36. The minimum absolute atomic E-state index is 0.141. The van der Waals surface area contributed by atoms with Gasteiger partial charge in [0.15, 0.2) is 0 Å². The van der Waals surface area contributed by atoms with E-state index in [0.717, 1.165) is 28.1 Å². The Balaban J connectivity index is 2.34. The first-order valence-electron chi connectivity index (χ1n) is 10.4. The monoisotopic (exact) mass is 479 g/mol. The van der Waals surface area contributed by atoms with Crippen molar-refractivity contribution in [3.8, 4) is 0 Å². The summed E-state index contributed by atoms with van der Waals surface area (Å²) in [7, 11) is -3.73. The summed E-state index contributed by atoms with van der Waals surface area (Å²) in [5.41, 5.74) is 2.14. The van der Waals surface area contributed by atoms with Crippen LogP contribution in [-0.4, -0.2) is 50.5 Å². The van der Waals surface area contributed by atoms with Crippen LogP contribution in [0.3, 0.4) is 0 Å². The number of amides is 2. The molecule has 0 unspecified atom stereocenters. The maximum atomic E-state index is 13.3. The Bertz CT molecular complexity index is 1020. The van der Waals surface area contributed by atoms with E-state index in [9.17, 15) is 18.0 Å². The molecule has 0 saturated carbocycles. The molecule has 0 aliphatic carbocycles. The summed E-state index contributed by atoms with van der Waals surface area (Å²) in [6, 6.07) is 13.0. The number of hydrogen-bond acceptors (Lipinski definition) is 4. The number of nitrogens with one attached hydrogen (secondary N) is 1. The molecule has 0 bridgehead atoms. The molecule has 0 saturated heterocycles. The van der Waals surface area contributed by atoms with Gasteiger partial charge in [-0.2, -0.15) is 0 Å². The third-order valence-corrected chi connectivity index (χ3v) is 6.38. The van der Waals surface area contributed by atoms with Crippen LogP contribution in [0.4, 0.5) is 5.69 Å². The number of anilines is 1. The van der Waals surface area contributed by atoms with Crippen molar-refractivity contribution in [3.05, 3.63) is 64.7 Å². The van der Waals surface area contributed by atoms with Gasteiger partial charge in [0.2, 0.25) is 21.8 Å². The fourth-order valence-electron chi connectivity index (χ4n) is 3.09. The summed E-state index contributed by atoms with van der Waals surface area (Å²) in [4.78, 5) is 27.4. The number of nitrogens with zero attached hydrogens (tertiary/aromatic N) is 2. The smallest absolute Gasteiger partial charge is 0.244 e. The van der Waals surface area contributed by atoms with Crippen LogP contribution in [0.5, 0.6) is 0 Å². The molecule has 2 rings (SSSR count). The lowest BCUT2D eigenvalue weighted by molar-refractivity contribution is -0.139. The van der Waals surface area contributed by atoms with Gasteiger partial charge in [0.1, 0.15) is 12.6 Å². The van der Waals surface area contributed by atoms with E-state index in [1.165, 1.54) is 4.90 Å². The maximum absolute atomic E-state index is 13.3. The molecular weight excluding hydrogens is 450 g/mol. The van der Waals surface area contributed by atoms with Crippen molar-refractivity contribution in [1.82, 2.24) is 10.2 Å². The zero-order valence-corrected chi connectivity index (χ0v) is 20.4. The first-order valence-corrected chi connectivity index (χ1v) is 12.6. The van der Waals surface area contributed by atoms with Crippen molar-refractivity contribution < 1.29 is 18.0 Å². The summed E-state index contributed by atoms with van der Waals surface area (Å²) in [6.45, 7) is 5.68. The Morgan fingerprint density at radius 2 is 1.66 bits per heavy atom. The summed E-state index contributed by atoms with van der Waals surface area (Å²) >= 11 is 5.96. The lowest BCUT2D eigenvalue weighted by atomic mass is 10.1. The molecule has 0 fully saturated rings. The van der Waals surface area contributed by atoms with E-state index >= 15 is 0 Å². The molecule has 7 nitrogen and oxygen atoms in total. The predicted molar refractivity (Wildman–Crippen MR) is 128 cm³/mol. The lowest BCUT2D eigenvalue weighted by Gasteiger charge is -2.31. The molecule has 0 heterocycles. The van der Waals surface area contributed by atoms with Gasteiger partial charge >= 0.3 is 0 Å². The zero-order valence-electron chi connectivity index (χ0n) is 18.8. The summed E-state index contributed by atoms with van der Waals surface area (Å²) < 4.78 is 26.0. The van der Waals surface area contributed by atoms with E-state index in [1.807, 2.05) is 13.8 Å². The molecular formula is C23H30ClN3O4S. The van der Waals surface area contributed by atoms with Gasteiger partial charge in [-0.3, -0.25) is 13.9 Å². The Morgan fingerprint density at radius 1 is 1.06 bits per heavy atom. The van der Waals surface area contributed by atoms with Gasteiger partial charge in [0.25, 0.3) is 0 Å². The van der Waals surface area contributed by atoms with Gasteiger partial charge in [0.05, 0.1) is 11.9 Å². The highest BCUT2D eigenvalue weighted by atomic mass is 35.5. The third kappa shape index (κ3) is 7.24. The second-order valence-corrected chi connectivity index (χ2v) is 10.1. The number of sulfonamides is 1. The Kier molecular flexibility index (Phi) is 9.09. The van der Waals surface area contributed by atoms with E-state index in [4.69, 9.17) is 11.6 Å². The molecule has 0 aliphatic rings. The Labute approximate surface area is 195 Å². The molecule has 0 radical (unpaired) electrons. The number of carbonyl (C=O) groups excluding carboxylic acids is 2. The average molecular weight is 480 g/mol. The second kappa shape index (κ2) is 11.3. The molecule has 1 N–H and O–H groups in total. The molecule has 0 aliphatic heterocycles. The van der Waals surface area contributed by atoms with Crippen LogP contribution in [0.2, 0.25) is 5.02 Å². The van der Waals surface area contributed by atoms with Crippen LogP contribution in [0.15, 0.2) is 48.5 Å². The van der Waals surface area contributed by atoms with E-state index in [0.29, 0.717) is 17.3 Å². The number of carbonyl (C=O) groups is 2. The first kappa shape index (κ1) is 25.7. The highest BCUT2D eigenvalue weighted by molar-refractivity contribution is 7.92. The molecule has 0 spiro atoms. The topological polar surface area (TPSA) is 86.8 Å². The minimum atomic E-state index is -3.73. The van der Waals surface area contributed by atoms with Crippen molar-refractivity contribution in [2.75, 3.05) is 23.7 Å². The fraction of sp³-hybridized carbons (Fsp3) is 0.391. The van der Waals surface area contributed by atoms with Gasteiger partial charge in [-0.15, -0.1) is 0 Å². The second-order valence-electron chi connectivity index (χ2n) is 7.72. The van der Waals surface area contributed by atoms with Gasteiger partial charge in [-0.25, -0.2) is 8.42 Å². The van der Waals surface area contributed by atoms with E-state index < -0.39 is 28.5 Å². The molecule has 2 aromatic carbocycles. The van der Waals surface area contributed by atoms with Crippen LogP contribution in [0, 0.1) is 6.92 Å². The maximum Gasteiger partial charge on any atom is 0.244 e. The summed E-state index contributed by atoms with van der Waals surface area (Å²) in [5.74, 6) is -0.777. The normalized spacial score (nSPS) is 12.2. The van der Waals surface area contributed by atoms with Crippen LogP contribution < -0.4 is 9.62 Å². The van der Waals surface area contributed by atoms with Crippen LogP contribution in [-0.2, 0) is 26.2 Å². The SMILES string of the molecule is CCCNC(=O)[C@H](C)N(Cc1ccc(Cl)cc1)C(=O)CN(c1ccc(C)cc1)S(C)(=O)=O. The van der Waals surface area contributed by atoms with Crippen molar-refractivity contribution in [2.24, 2.45) is 0 Å². The van der Waals surface area contributed by atoms with Crippen LogP contribution in [0.1, 0.15) is 31.4 Å². The van der Waals surface area contributed by atoms with Gasteiger partial charge in [0, 0.05) is 18.1 Å². The van der Waals surface area contributed by atoms with Crippen LogP contribution >= 0.6 is 11.6 Å². The standard InChI is InChI=1S/C23H30ClN3O4S/c1-5-14-25-23(29)18(3)26(15-19-8-10-20(24)11-9-19)22(28)16-27(32(4,30)31)21-12-6-17(2)7-13-21/h6-13,18H,5,14-16H2,1-4H3,(H,25,29)/t18-/m0/s1. The summed E-state index contributed by atoms with van der Waals surface area (Å²) in [6.07, 6.45) is 1.82. The van der Waals surface area contributed by atoms with E-state index in [2.05, 4.69) is 5.32 Å². The van der Waals surface area contributed by atoms with Gasteiger partial charge in [-0.1, -0.05) is 48.4 Å². The number of hydrogen-bond donors (Lipinski definition) is 1.